The summed E-state index contributed by atoms with van der Waals surface area (Å²) in [6, 6.07) is 0.216. The zero-order valence-electron chi connectivity index (χ0n) is 6.85. The minimum atomic E-state index is -2.38. The number of alkyl halides is 2. The molecule has 1 saturated heterocycles. The Morgan fingerprint density at radius 1 is 1.45 bits per heavy atom. The first kappa shape index (κ1) is 7.47. The first-order chi connectivity index (χ1) is 5.02. The summed E-state index contributed by atoms with van der Waals surface area (Å²) in [6.45, 7) is 1.90. The van der Waals surface area contributed by atoms with Crippen LogP contribution in [0.1, 0.15) is 19.8 Å². The minimum Gasteiger partial charge on any atom is -0.300 e. The zero-order chi connectivity index (χ0) is 8.22. The Balaban J connectivity index is 2.23. The Morgan fingerprint density at radius 2 is 2.09 bits per heavy atom. The molecule has 2 aliphatic rings. The molecule has 3 atom stereocenters. The zero-order valence-corrected chi connectivity index (χ0v) is 6.85. The standard InChI is InChI=1S/C8H13F2N/c1-5-7-3-6(11(5)2)4-8(7,9)10/h5-7H,3-4H2,1-2H3/t5-,6+,7+/m1/s1. The van der Waals surface area contributed by atoms with Gasteiger partial charge in [-0.3, -0.25) is 0 Å². The van der Waals surface area contributed by atoms with Crippen molar-refractivity contribution in [2.45, 2.75) is 37.8 Å². The van der Waals surface area contributed by atoms with Gasteiger partial charge in [0.2, 0.25) is 0 Å². The summed E-state index contributed by atoms with van der Waals surface area (Å²) in [5.41, 5.74) is 0. The summed E-state index contributed by atoms with van der Waals surface area (Å²) in [7, 11) is 1.95. The molecule has 0 aromatic carbocycles. The van der Waals surface area contributed by atoms with Crippen molar-refractivity contribution in [3.8, 4) is 0 Å². The third-order valence-corrected chi connectivity index (χ3v) is 3.38. The fraction of sp³-hybridized carbons (Fsp3) is 1.00. The Bertz CT molecular complexity index is 179. The molecule has 0 N–H and O–H groups in total. The first-order valence-corrected chi connectivity index (χ1v) is 4.12. The SMILES string of the molecule is C[C@@H]1[C@@H]2C[C@@H](CC2(F)F)N1C. The van der Waals surface area contributed by atoms with Gasteiger partial charge < -0.3 is 4.90 Å². The molecular formula is C8H13F2N. The fourth-order valence-electron chi connectivity index (χ4n) is 2.49. The van der Waals surface area contributed by atoms with Crippen LogP contribution in [0.15, 0.2) is 0 Å². The van der Waals surface area contributed by atoms with Crippen molar-refractivity contribution in [1.29, 1.82) is 0 Å². The highest BCUT2D eigenvalue weighted by Crippen LogP contribution is 2.50. The van der Waals surface area contributed by atoms with E-state index in [0.29, 0.717) is 6.42 Å². The van der Waals surface area contributed by atoms with E-state index in [4.69, 9.17) is 0 Å². The molecule has 0 aromatic heterocycles. The molecule has 1 aliphatic carbocycles. The number of piperidine rings is 1. The van der Waals surface area contributed by atoms with Crippen molar-refractivity contribution in [2.24, 2.45) is 5.92 Å². The Kier molecular flexibility index (Phi) is 1.32. The van der Waals surface area contributed by atoms with Gasteiger partial charge in [0.1, 0.15) is 0 Å². The van der Waals surface area contributed by atoms with Crippen molar-refractivity contribution >= 4 is 0 Å². The highest BCUT2D eigenvalue weighted by atomic mass is 19.3. The van der Waals surface area contributed by atoms with Gasteiger partial charge in [-0.2, -0.15) is 0 Å². The third kappa shape index (κ3) is 0.835. The number of fused-ring (bicyclic) bond motifs is 2. The molecule has 1 heterocycles. The molecule has 3 heteroatoms. The molecule has 1 aliphatic heterocycles. The second-order valence-electron chi connectivity index (χ2n) is 3.87. The van der Waals surface area contributed by atoms with Gasteiger partial charge >= 0.3 is 0 Å². The summed E-state index contributed by atoms with van der Waals surface area (Å²) in [6.07, 6.45) is 0.781. The van der Waals surface area contributed by atoms with Gasteiger partial charge in [-0.05, 0) is 20.4 Å². The largest absolute Gasteiger partial charge is 0.300 e. The van der Waals surface area contributed by atoms with Crippen LogP contribution in [0.4, 0.5) is 8.78 Å². The van der Waals surface area contributed by atoms with Crippen LogP contribution in [0.25, 0.3) is 0 Å². The first-order valence-electron chi connectivity index (χ1n) is 4.12. The molecule has 2 fully saturated rings. The Hall–Kier alpha value is -0.180. The average molecular weight is 161 g/mol. The van der Waals surface area contributed by atoms with Crippen LogP contribution in [0.5, 0.6) is 0 Å². The van der Waals surface area contributed by atoms with Crippen molar-refractivity contribution in [1.82, 2.24) is 4.90 Å². The summed E-state index contributed by atoms with van der Waals surface area (Å²) < 4.78 is 26.1. The number of rotatable bonds is 0. The lowest BCUT2D eigenvalue weighted by atomic mass is 9.97. The lowest BCUT2D eigenvalue weighted by molar-refractivity contribution is -0.0822. The molecule has 64 valence electrons. The van der Waals surface area contributed by atoms with Gasteiger partial charge in [-0.15, -0.1) is 0 Å². The van der Waals surface area contributed by atoms with Crippen LogP contribution in [0.2, 0.25) is 0 Å². The maximum atomic E-state index is 13.0. The molecule has 2 rings (SSSR count). The maximum absolute atomic E-state index is 13.0. The van der Waals surface area contributed by atoms with Crippen LogP contribution in [0.3, 0.4) is 0 Å². The number of hydrogen-bond acceptors (Lipinski definition) is 1. The topological polar surface area (TPSA) is 3.24 Å². The molecule has 0 aromatic rings. The van der Waals surface area contributed by atoms with E-state index < -0.39 is 5.92 Å². The lowest BCUT2D eigenvalue weighted by Gasteiger charge is -2.34. The van der Waals surface area contributed by atoms with Crippen molar-refractivity contribution in [3.05, 3.63) is 0 Å². The molecule has 1 saturated carbocycles. The number of hydrogen-bond donors (Lipinski definition) is 0. The van der Waals surface area contributed by atoms with Crippen LogP contribution in [-0.2, 0) is 0 Å². The summed E-state index contributed by atoms with van der Waals surface area (Å²) in [4.78, 5) is 2.09. The van der Waals surface area contributed by atoms with Crippen molar-refractivity contribution in [2.75, 3.05) is 7.05 Å². The maximum Gasteiger partial charge on any atom is 0.253 e. The molecule has 0 unspecified atom stereocenters. The van der Waals surface area contributed by atoms with Crippen LogP contribution < -0.4 is 0 Å². The van der Waals surface area contributed by atoms with Gasteiger partial charge in [0, 0.05) is 24.4 Å². The van der Waals surface area contributed by atoms with E-state index in [1.807, 2.05) is 14.0 Å². The third-order valence-electron chi connectivity index (χ3n) is 3.38. The number of nitrogens with zero attached hydrogens (tertiary/aromatic N) is 1. The van der Waals surface area contributed by atoms with E-state index in [9.17, 15) is 8.78 Å². The average Bonchev–Trinajstić information content (AvgIpc) is 2.31. The molecule has 0 amide bonds. The molecular weight excluding hydrogens is 148 g/mol. The molecule has 0 radical (unpaired) electrons. The molecule has 1 nitrogen and oxygen atoms in total. The normalized spacial score (nSPS) is 48.5. The smallest absolute Gasteiger partial charge is 0.253 e. The van der Waals surface area contributed by atoms with Gasteiger partial charge in [0.25, 0.3) is 5.92 Å². The van der Waals surface area contributed by atoms with Crippen LogP contribution in [-0.4, -0.2) is 30.0 Å². The number of likely N-dealkylation sites (tertiary alicyclic amines) is 1. The Labute approximate surface area is 65.4 Å². The van der Waals surface area contributed by atoms with Crippen molar-refractivity contribution in [3.63, 3.8) is 0 Å². The highest BCUT2D eigenvalue weighted by molar-refractivity contribution is 5.04. The van der Waals surface area contributed by atoms with Crippen LogP contribution >= 0.6 is 0 Å². The van der Waals surface area contributed by atoms with Gasteiger partial charge in [0.05, 0.1) is 0 Å². The number of halogens is 2. The van der Waals surface area contributed by atoms with Crippen molar-refractivity contribution < 1.29 is 8.78 Å². The van der Waals surface area contributed by atoms with Gasteiger partial charge in [-0.25, -0.2) is 8.78 Å². The van der Waals surface area contributed by atoms with E-state index in [0.717, 1.165) is 0 Å². The summed E-state index contributed by atoms with van der Waals surface area (Å²) in [5, 5.41) is 0. The predicted molar refractivity (Wildman–Crippen MR) is 38.7 cm³/mol. The van der Waals surface area contributed by atoms with Gasteiger partial charge in [-0.1, -0.05) is 0 Å². The van der Waals surface area contributed by atoms with E-state index in [-0.39, 0.29) is 24.4 Å². The predicted octanol–water partition coefficient (Wildman–Crippen LogP) is 1.73. The molecule has 11 heavy (non-hydrogen) atoms. The van der Waals surface area contributed by atoms with E-state index in [1.165, 1.54) is 0 Å². The molecule has 0 spiro atoms. The summed E-state index contributed by atoms with van der Waals surface area (Å²) >= 11 is 0. The minimum absolute atomic E-state index is 0.0729. The fourth-order valence-corrected chi connectivity index (χ4v) is 2.49. The van der Waals surface area contributed by atoms with E-state index in [1.54, 1.807) is 0 Å². The van der Waals surface area contributed by atoms with E-state index >= 15 is 0 Å². The second kappa shape index (κ2) is 1.94. The monoisotopic (exact) mass is 161 g/mol. The second-order valence-corrected chi connectivity index (χ2v) is 3.87. The lowest BCUT2D eigenvalue weighted by Crippen LogP contribution is -2.44. The molecule has 2 bridgehead atoms. The highest BCUT2D eigenvalue weighted by Gasteiger charge is 2.58. The summed E-state index contributed by atoms with van der Waals surface area (Å²) in [5.74, 6) is -2.76. The van der Waals surface area contributed by atoms with Crippen LogP contribution in [0, 0.1) is 5.92 Å². The quantitative estimate of drug-likeness (QED) is 0.523. The van der Waals surface area contributed by atoms with Gasteiger partial charge in [0.15, 0.2) is 0 Å². The Morgan fingerprint density at radius 3 is 2.45 bits per heavy atom. The van der Waals surface area contributed by atoms with E-state index in [2.05, 4.69) is 4.90 Å².